The second-order valence-electron chi connectivity index (χ2n) is 8.30. The molecule has 10 heteroatoms. The highest BCUT2D eigenvalue weighted by molar-refractivity contribution is 7.93. The Morgan fingerprint density at radius 1 is 1.29 bits per heavy atom. The van der Waals surface area contributed by atoms with E-state index in [2.05, 4.69) is 14.3 Å². The molecule has 166 valence electrons. The molecule has 1 aromatic carbocycles. The summed E-state index contributed by atoms with van der Waals surface area (Å²) in [5.74, 6) is -2.05. The molecule has 0 bridgehead atoms. The van der Waals surface area contributed by atoms with Gasteiger partial charge in [-0.15, -0.1) is 0 Å². The van der Waals surface area contributed by atoms with Gasteiger partial charge in [-0.25, -0.2) is 14.2 Å². The normalized spacial score (nSPS) is 26.3. The highest BCUT2D eigenvalue weighted by atomic mass is 32.2. The number of fused-ring (bicyclic) bond motifs is 1. The molecule has 2 atom stereocenters. The van der Waals surface area contributed by atoms with E-state index in [9.17, 15) is 18.1 Å². The molecule has 1 aliphatic carbocycles. The van der Waals surface area contributed by atoms with Gasteiger partial charge in [-0.05, 0) is 25.5 Å². The molecule has 2 fully saturated rings. The van der Waals surface area contributed by atoms with Gasteiger partial charge >= 0.3 is 0 Å². The number of nitrogens with zero attached hydrogens (tertiary/aromatic N) is 4. The van der Waals surface area contributed by atoms with Gasteiger partial charge in [-0.3, -0.25) is 0 Å². The van der Waals surface area contributed by atoms with Crippen molar-refractivity contribution in [3.8, 4) is 11.3 Å². The SMILES string of the molecule is C[C@H]1[C@H](O)CN1c1nc(-c2cccc(N=S3(=O)CCOCC3)c2)c2c(n1)C(F)(F)CC2. The first-order valence-electron chi connectivity index (χ1n) is 10.4. The van der Waals surface area contributed by atoms with Crippen LogP contribution in [0.25, 0.3) is 11.3 Å². The van der Waals surface area contributed by atoms with Crippen molar-refractivity contribution in [1.82, 2.24) is 9.97 Å². The molecule has 2 aliphatic heterocycles. The number of aromatic nitrogens is 2. The van der Waals surface area contributed by atoms with Crippen LogP contribution in [0.15, 0.2) is 28.6 Å². The fourth-order valence-electron chi connectivity index (χ4n) is 4.21. The van der Waals surface area contributed by atoms with E-state index in [-0.39, 0.29) is 30.5 Å². The van der Waals surface area contributed by atoms with E-state index in [1.54, 1.807) is 29.2 Å². The Kier molecular flexibility index (Phi) is 4.98. The molecule has 2 aromatic rings. The Morgan fingerprint density at radius 2 is 2.06 bits per heavy atom. The highest BCUT2D eigenvalue weighted by Crippen LogP contribution is 2.45. The first-order chi connectivity index (χ1) is 14.8. The third-order valence-corrected chi connectivity index (χ3v) is 8.36. The Bertz CT molecular complexity index is 1140. The summed E-state index contributed by atoms with van der Waals surface area (Å²) in [7, 11) is -2.39. The lowest BCUT2D eigenvalue weighted by atomic mass is 10.0. The van der Waals surface area contributed by atoms with E-state index in [4.69, 9.17) is 4.74 Å². The number of aliphatic hydroxyl groups is 1. The van der Waals surface area contributed by atoms with Crippen LogP contribution >= 0.6 is 0 Å². The molecule has 7 nitrogen and oxygen atoms in total. The number of hydrogen-bond acceptors (Lipinski definition) is 7. The maximum Gasteiger partial charge on any atom is 0.290 e. The van der Waals surface area contributed by atoms with Gasteiger partial charge in [0.05, 0.1) is 58.0 Å². The molecule has 2 saturated heterocycles. The van der Waals surface area contributed by atoms with Gasteiger partial charge in [-0.2, -0.15) is 13.1 Å². The Hall–Kier alpha value is -2.17. The third-order valence-electron chi connectivity index (χ3n) is 6.20. The van der Waals surface area contributed by atoms with E-state index in [0.29, 0.717) is 53.8 Å². The largest absolute Gasteiger partial charge is 0.389 e. The summed E-state index contributed by atoms with van der Waals surface area (Å²) in [6, 6.07) is 6.84. The molecule has 0 amide bonds. The zero-order valence-corrected chi connectivity index (χ0v) is 17.9. The zero-order chi connectivity index (χ0) is 21.8. The first-order valence-corrected chi connectivity index (χ1v) is 12.3. The van der Waals surface area contributed by atoms with Crippen molar-refractivity contribution >= 4 is 21.4 Å². The quantitative estimate of drug-likeness (QED) is 0.774. The van der Waals surface area contributed by atoms with Crippen LogP contribution in [0.2, 0.25) is 0 Å². The number of ether oxygens (including phenoxy) is 1. The second-order valence-corrected chi connectivity index (χ2v) is 10.8. The number of rotatable bonds is 3. The smallest absolute Gasteiger partial charge is 0.290 e. The van der Waals surface area contributed by atoms with Crippen LogP contribution in [0.3, 0.4) is 0 Å². The van der Waals surface area contributed by atoms with Gasteiger partial charge in [0.15, 0.2) is 0 Å². The van der Waals surface area contributed by atoms with Crippen molar-refractivity contribution in [2.75, 3.05) is 36.2 Å². The molecule has 1 N–H and O–H groups in total. The lowest BCUT2D eigenvalue weighted by Crippen LogP contribution is -2.59. The zero-order valence-electron chi connectivity index (χ0n) is 17.1. The summed E-state index contributed by atoms with van der Waals surface area (Å²) in [5, 5.41) is 9.85. The Labute approximate surface area is 179 Å². The molecule has 0 radical (unpaired) electrons. The number of anilines is 1. The maximum atomic E-state index is 14.6. The fourth-order valence-corrected chi connectivity index (χ4v) is 5.85. The highest BCUT2D eigenvalue weighted by Gasteiger charge is 2.45. The van der Waals surface area contributed by atoms with Crippen molar-refractivity contribution in [2.24, 2.45) is 4.36 Å². The Balaban J connectivity index is 1.60. The van der Waals surface area contributed by atoms with Crippen LogP contribution in [0.4, 0.5) is 20.4 Å². The summed E-state index contributed by atoms with van der Waals surface area (Å²) in [5.41, 5.74) is 1.83. The summed E-state index contributed by atoms with van der Waals surface area (Å²) in [6.07, 6.45) is -0.645. The van der Waals surface area contributed by atoms with Crippen molar-refractivity contribution in [1.29, 1.82) is 0 Å². The average molecular weight is 451 g/mol. The molecule has 31 heavy (non-hydrogen) atoms. The average Bonchev–Trinajstić information content (AvgIpc) is 3.06. The summed E-state index contributed by atoms with van der Waals surface area (Å²) < 4.78 is 51.9. The number of alkyl halides is 2. The number of benzene rings is 1. The first kappa shape index (κ1) is 20.7. The molecule has 3 heterocycles. The monoisotopic (exact) mass is 450 g/mol. The van der Waals surface area contributed by atoms with Gasteiger partial charge < -0.3 is 14.7 Å². The number of hydrogen-bond donors (Lipinski definition) is 1. The topological polar surface area (TPSA) is 87.9 Å². The Morgan fingerprint density at radius 3 is 2.77 bits per heavy atom. The van der Waals surface area contributed by atoms with Gasteiger partial charge in [0.1, 0.15) is 5.69 Å². The molecule has 5 rings (SSSR count). The van der Waals surface area contributed by atoms with Gasteiger partial charge in [0.25, 0.3) is 5.92 Å². The van der Waals surface area contributed by atoms with Crippen molar-refractivity contribution in [3.63, 3.8) is 0 Å². The maximum absolute atomic E-state index is 14.6. The number of β-amino-alcohol motifs (C(OH)–C–C–N with tert-alkyl or cyclic N) is 1. The van der Waals surface area contributed by atoms with Crippen LogP contribution in [-0.4, -0.2) is 62.7 Å². The summed E-state index contributed by atoms with van der Waals surface area (Å²) in [4.78, 5) is 10.6. The van der Waals surface area contributed by atoms with Crippen LogP contribution in [0.1, 0.15) is 24.6 Å². The standard InChI is InChI=1S/C21H24F2N4O3S/c1-13-17(28)12-27(13)20-24-18(16-5-6-21(22,23)19(16)25-20)14-3-2-4-15(11-14)26-31(29)9-7-30-8-10-31/h2-4,11,13,17,28H,5-10,12H2,1H3/t13-,17+/m0/s1. The predicted molar refractivity (Wildman–Crippen MR) is 113 cm³/mol. The van der Waals surface area contributed by atoms with Crippen molar-refractivity contribution < 1.29 is 22.8 Å². The molecular weight excluding hydrogens is 426 g/mol. The lowest BCUT2D eigenvalue weighted by Gasteiger charge is -2.43. The van der Waals surface area contributed by atoms with Crippen LogP contribution < -0.4 is 4.90 Å². The van der Waals surface area contributed by atoms with E-state index in [0.717, 1.165) is 0 Å². The number of aliphatic hydroxyl groups excluding tert-OH is 1. The van der Waals surface area contributed by atoms with Crippen molar-refractivity contribution in [3.05, 3.63) is 35.5 Å². The van der Waals surface area contributed by atoms with Crippen LogP contribution in [0.5, 0.6) is 0 Å². The van der Waals surface area contributed by atoms with Crippen molar-refractivity contribution in [2.45, 2.75) is 37.8 Å². The van der Waals surface area contributed by atoms with Gasteiger partial charge in [0, 0.05) is 24.1 Å². The minimum absolute atomic E-state index is 0.186. The molecular formula is C21H24F2N4O3S. The molecule has 1 aromatic heterocycles. The molecule has 3 aliphatic rings. The van der Waals surface area contributed by atoms with E-state index in [1.165, 1.54) is 0 Å². The lowest BCUT2D eigenvalue weighted by molar-refractivity contribution is -0.00603. The van der Waals surface area contributed by atoms with Crippen LogP contribution in [0, 0.1) is 0 Å². The van der Waals surface area contributed by atoms with E-state index in [1.807, 2.05) is 6.92 Å². The molecule has 0 spiro atoms. The van der Waals surface area contributed by atoms with Gasteiger partial charge in [-0.1, -0.05) is 12.1 Å². The van der Waals surface area contributed by atoms with E-state index >= 15 is 0 Å². The van der Waals surface area contributed by atoms with Gasteiger partial charge in [0.2, 0.25) is 5.95 Å². The summed E-state index contributed by atoms with van der Waals surface area (Å²) in [6.45, 7) is 2.95. The number of halogens is 2. The van der Waals surface area contributed by atoms with Crippen LogP contribution in [-0.2, 0) is 26.8 Å². The minimum Gasteiger partial charge on any atom is -0.389 e. The minimum atomic E-state index is -3.01. The predicted octanol–water partition coefficient (Wildman–Crippen LogP) is 2.88. The molecule has 0 saturated carbocycles. The fraction of sp³-hybridized carbons (Fsp3) is 0.524. The van der Waals surface area contributed by atoms with E-state index < -0.39 is 21.8 Å². The second kappa shape index (κ2) is 7.46. The summed E-state index contributed by atoms with van der Waals surface area (Å²) >= 11 is 0. The molecule has 0 unspecified atom stereocenters. The third kappa shape index (κ3) is 3.70.